The van der Waals surface area contributed by atoms with E-state index in [1.54, 1.807) is 13.2 Å². The molecule has 1 aliphatic heterocycles. The maximum Gasteiger partial charge on any atom is 0.142 e. The minimum absolute atomic E-state index is 0.0655. The second-order valence-corrected chi connectivity index (χ2v) is 4.34. The second-order valence-electron chi connectivity index (χ2n) is 4.34. The van der Waals surface area contributed by atoms with Crippen LogP contribution in [0.1, 0.15) is 11.3 Å². The number of rotatable bonds is 3. The van der Waals surface area contributed by atoms with E-state index in [0.29, 0.717) is 18.9 Å². The molecule has 1 aromatic heterocycles. The van der Waals surface area contributed by atoms with Gasteiger partial charge in [-0.2, -0.15) is 5.26 Å². The predicted octanol–water partition coefficient (Wildman–Crippen LogP) is 1.11. The zero-order valence-corrected chi connectivity index (χ0v) is 10.7. The van der Waals surface area contributed by atoms with Crippen LogP contribution < -0.4 is 4.90 Å². The van der Waals surface area contributed by atoms with E-state index in [-0.39, 0.29) is 6.10 Å². The van der Waals surface area contributed by atoms with Gasteiger partial charge in [-0.05, 0) is 18.6 Å². The number of methoxy groups -OCH3 is 1. The highest BCUT2D eigenvalue weighted by Gasteiger charge is 2.22. The molecule has 0 spiro atoms. The van der Waals surface area contributed by atoms with Crippen LogP contribution in [0.3, 0.4) is 0 Å². The molecule has 5 nitrogen and oxygen atoms in total. The van der Waals surface area contributed by atoms with Crippen molar-refractivity contribution in [3.05, 3.63) is 23.4 Å². The molecule has 1 aliphatic rings. The van der Waals surface area contributed by atoms with Gasteiger partial charge in [0.25, 0.3) is 0 Å². The van der Waals surface area contributed by atoms with E-state index >= 15 is 0 Å². The van der Waals surface area contributed by atoms with Crippen LogP contribution in [0.25, 0.3) is 0 Å². The van der Waals surface area contributed by atoms with Crippen molar-refractivity contribution in [2.24, 2.45) is 0 Å². The molecule has 1 aromatic rings. The van der Waals surface area contributed by atoms with Crippen molar-refractivity contribution >= 4 is 5.82 Å². The van der Waals surface area contributed by atoms with Crippen molar-refractivity contribution in [1.29, 1.82) is 5.26 Å². The lowest BCUT2D eigenvalue weighted by Crippen LogP contribution is -2.45. The number of nitriles is 1. The number of nitrogens with zero attached hydrogens (tertiary/aromatic N) is 3. The molecule has 0 aromatic carbocycles. The third-order valence-corrected chi connectivity index (χ3v) is 2.98. The van der Waals surface area contributed by atoms with Crippen LogP contribution in [0.2, 0.25) is 0 Å². The summed E-state index contributed by atoms with van der Waals surface area (Å²) in [6.07, 6.45) is 0.0655. The number of morpholine rings is 1. The molecule has 0 saturated carbocycles. The second kappa shape index (κ2) is 5.80. The molecule has 0 amide bonds. The molecular weight excluding hydrogens is 230 g/mol. The van der Waals surface area contributed by atoms with Gasteiger partial charge in [0.05, 0.1) is 19.3 Å². The highest BCUT2D eigenvalue weighted by atomic mass is 16.5. The van der Waals surface area contributed by atoms with E-state index in [4.69, 9.17) is 14.7 Å². The van der Waals surface area contributed by atoms with Crippen LogP contribution in [0, 0.1) is 18.3 Å². The van der Waals surface area contributed by atoms with Crippen molar-refractivity contribution in [3.8, 4) is 6.07 Å². The summed E-state index contributed by atoms with van der Waals surface area (Å²) in [6.45, 7) is 4.78. The van der Waals surface area contributed by atoms with Gasteiger partial charge in [0.1, 0.15) is 17.6 Å². The number of pyridine rings is 1. The van der Waals surface area contributed by atoms with Crippen LogP contribution in [0.15, 0.2) is 12.1 Å². The highest BCUT2D eigenvalue weighted by Crippen LogP contribution is 2.20. The van der Waals surface area contributed by atoms with Crippen LogP contribution in [0.4, 0.5) is 5.82 Å². The number of hydrogen-bond donors (Lipinski definition) is 0. The summed E-state index contributed by atoms with van der Waals surface area (Å²) in [4.78, 5) is 6.53. The van der Waals surface area contributed by atoms with Gasteiger partial charge in [-0.3, -0.25) is 0 Å². The predicted molar refractivity (Wildman–Crippen MR) is 67.5 cm³/mol. The SMILES string of the molecule is COCC1CN(c2nc(C#N)ccc2C)CCO1. The lowest BCUT2D eigenvalue weighted by Gasteiger charge is -2.34. The molecule has 2 heterocycles. The molecule has 1 unspecified atom stereocenters. The number of hydrogen-bond acceptors (Lipinski definition) is 5. The van der Waals surface area contributed by atoms with Gasteiger partial charge in [0.15, 0.2) is 0 Å². The lowest BCUT2D eigenvalue weighted by molar-refractivity contribution is -0.0102. The zero-order chi connectivity index (χ0) is 13.0. The molecule has 0 bridgehead atoms. The first-order valence-electron chi connectivity index (χ1n) is 5.98. The van der Waals surface area contributed by atoms with E-state index in [9.17, 15) is 0 Å². The summed E-state index contributed by atoms with van der Waals surface area (Å²) in [5.41, 5.74) is 1.53. The molecule has 2 rings (SSSR count). The van der Waals surface area contributed by atoms with Gasteiger partial charge in [0.2, 0.25) is 0 Å². The van der Waals surface area contributed by atoms with Gasteiger partial charge in [0, 0.05) is 20.2 Å². The van der Waals surface area contributed by atoms with Crippen molar-refractivity contribution < 1.29 is 9.47 Å². The van der Waals surface area contributed by atoms with Gasteiger partial charge < -0.3 is 14.4 Å². The maximum atomic E-state index is 8.91. The lowest BCUT2D eigenvalue weighted by atomic mass is 10.2. The first kappa shape index (κ1) is 12.8. The monoisotopic (exact) mass is 247 g/mol. The van der Waals surface area contributed by atoms with Gasteiger partial charge in [-0.25, -0.2) is 4.98 Å². The summed E-state index contributed by atoms with van der Waals surface area (Å²) < 4.78 is 10.7. The molecule has 18 heavy (non-hydrogen) atoms. The Bertz CT molecular complexity index is 454. The smallest absolute Gasteiger partial charge is 0.142 e. The van der Waals surface area contributed by atoms with E-state index in [1.165, 1.54) is 0 Å². The summed E-state index contributed by atoms with van der Waals surface area (Å²) in [5, 5.41) is 8.91. The molecule has 1 atom stereocenters. The van der Waals surface area contributed by atoms with Crippen LogP contribution in [-0.4, -0.2) is 44.5 Å². The molecule has 1 saturated heterocycles. The summed E-state index contributed by atoms with van der Waals surface area (Å²) in [5.74, 6) is 0.874. The van der Waals surface area contributed by atoms with Gasteiger partial charge >= 0.3 is 0 Å². The molecule has 0 N–H and O–H groups in total. The molecule has 5 heteroatoms. The molecular formula is C13H17N3O2. The largest absolute Gasteiger partial charge is 0.382 e. The van der Waals surface area contributed by atoms with Crippen molar-refractivity contribution in [3.63, 3.8) is 0 Å². The Labute approximate surface area is 107 Å². The van der Waals surface area contributed by atoms with Crippen molar-refractivity contribution in [2.75, 3.05) is 38.3 Å². The van der Waals surface area contributed by atoms with E-state index in [1.807, 2.05) is 13.0 Å². The Morgan fingerprint density at radius 1 is 1.61 bits per heavy atom. The minimum atomic E-state index is 0.0655. The standard InChI is InChI=1S/C13H17N3O2/c1-10-3-4-11(7-14)15-13(10)16-5-6-18-12(8-16)9-17-2/h3-4,12H,5-6,8-9H2,1-2H3. The number of anilines is 1. The fourth-order valence-electron chi connectivity index (χ4n) is 2.10. The minimum Gasteiger partial charge on any atom is -0.382 e. The Morgan fingerprint density at radius 2 is 2.44 bits per heavy atom. The topological polar surface area (TPSA) is 58.4 Å². The summed E-state index contributed by atoms with van der Waals surface area (Å²) in [7, 11) is 1.67. The van der Waals surface area contributed by atoms with E-state index in [0.717, 1.165) is 24.5 Å². The summed E-state index contributed by atoms with van der Waals surface area (Å²) >= 11 is 0. The normalized spacial score (nSPS) is 19.6. The van der Waals surface area contributed by atoms with Crippen molar-refractivity contribution in [2.45, 2.75) is 13.0 Å². The summed E-state index contributed by atoms with van der Waals surface area (Å²) in [6, 6.07) is 5.75. The van der Waals surface area contributed by atoms with Crippen molar-refractivity contribution in [1.82, 2.24) is 4.98 Å². The first-order chi connectivity index (χ1) is 8.74. The van der Waals surface area contributed by atoms with Gasteiger partial charge in [-0.15, -0.1) is 0 Å². The van der Waals surface area contributed by atoms with E-state index < -0.39 is 0 Å². The molecule has 96 valence electrons. The number of aromatic nitrogens is 1. The third-order valence-electron chi connectivity index (χ3n) is 2.98. The molecule has 1 fully saturated rings. The Balaban J connectivity index is 2.17. The van der Waals surface area contributed by atoms with Crippen LogP contribution in [-0.2, 0) is 9.47 Å². The quantitative estimate of drug-likeness (QED) is 0.801. The van der Waals surface area contributed by atoms with Gasteiger partial charge in [-0.1, -0.05) is 6.07 Å². The molecule has 0 aliphatic carbocycles. The average molecular weight is 247 g/mol. The Morgan fingerprint density at radius 3 is 3.17 bits per heavy atom. The van der Waals surface area contributed by atoms with E-state index in [2.05, 4.69) is 16.0 Å². The first-order valence-corrected chi connectivity index (χ1v) is 5.98. The zero-order valence-electron chi connectivity index (χ0n) is 10.7. The Kier molecular flexibility index (Phi) is 4.13. The fourth-order valence-corrected chi connectivity index (χ4v) is 2.10. The fraction of sp³-hybridized carbons (Fsp3) is 0.538. The number of aryl methyl sites for hydroxylation is 1. The van der Waals surface area contributed by atoms with Crippen LogP contribution in [0.5, 0.6) is 0 Å². The maximum absolute atomic E-state index is 8.91. The number of ether oxygens (including phenoxy) is 2. The third kappa shape index (κ3) is 2.78. The Hall–Kier alpha value is -1.64. The highest BCUT2D eigenvalue weighted by molar-refractivity contribution is 5.49. The van der Waals surface area contributed by atoms with Crippen LogP contribution >= 0.6 is 0 Å². The molecule has 0 radical (unpaired) electrons. The average Bonchev–Trinajstić information content (AvgIpc) is 2.40.